The molecule has 2 heteroatoms. The van der Waals surface area contributed by atoms with Crippen molar-refractivity contribution in [2.45, 2.75) is 38.1 Å². The summed E-state index contributed by atoms with van der Waals surface area (Å²) >= 11 is 3.51. The standard InChI is InChI=1S/C14H20BrN/c1-14(2,7-8-15)16-10-12-9-11-5-3-4-6-13(11)12/h3-6,12,16H,7-10H2,1-2H3. The van der Waals surface area contributed by atoms with E-state index in [1.54, 1.807) is 5.56 Å². The van der Waals surface area contributed by atoms with Gasteiger partial charge in [0.05, 0.1) is 0 Å². The molecule has 16 heavy (non-hydrogen) atoms. The Hall–Kier alpha value is -0.340. The zero-order valence-corrected chi connectivity index (χ0v) is 11.7. The summed E-state index contributed by atoms with van der Waals surface area (Å²) < 4.78 is 0. The largest absolute Gasteiger partial charge is 0.311 e. The topological polar surface area (TPSA) is 12.0 Å². The summed E-state index contributed by atoms with van der Waals surface area (Å²) in [6, 6.07) is 8.80. The smallest absolute Gasteiger partial charge is 0.0133 e. The lowest BCUT2D eigenvalue weighted by Gasteiger charge is -2.34. The third-order valence-electron chi connectivity index (χ3n) is 3.51. The summed E-state index contributed by atoms with van der Waals surface area (Å²) in [6.07, 6.45) is 2.41. The van der Waals surface area contributed by atoms with E-state index in [1.807, 2.05) is 0 Å². The van der Waals surface area contributed by atoms with Crippen LogP contribution in [0.25, 0.3) is 0 Å². The fraction of sp³-hybridized carbons (Fsp3) is 0.571. The molecule has 0 saturated carbocycles. The first kappa shape index (κ1) is 12.1. The van der Waals surface area contributed by atoms with Gasteiger partial charge in [0, 0.05) is 23.3 Å². The van der Waals surface area contributed by atoms with Crippen molar-refractivity contribution in [3.63, 3.8) is 0 Å². The fourth-order valence-corrected chi connectivity index (χ4v) is 3.26. The highest BCUT2D eigenvalue weighted by atomic mass is 79.9. The van der Waals surface area contributed by atoms with Crippen molar-refractivity contribution in [2.75, 3.05) is 11.9 Å². The van der Waals surface area contributed by atoms with Gasteiger partial charge in [0.15, 0.2) is 0 Å². The molecule has 0 aromatic heterocycles. The van der Waals surface area contributed by atoms with E-state index in [-0.39, 0.29) is 5.54 Å². The van der Waals surface area contributed by atoms with Gasteiger partial charge in [-0.2, -0.15) is 0 Å². The molecule has 1 aliphatic rings. The lowest BCUT2D eigenvalue weighted by molar-refractivity contribution is 0.357. The van der Waals surface area contributed by atoms with Crippen LogP contribution < -0.4 is 5.32 Å². The molecule has 0 radical (unpaired) electrons. The SMILES string of the molecule is CC(C)(CCBr)NCC1Cc2ccccc21. The van der Waals surface area contributed by atoms with Crippen LogP contribution in [0.1, 0.15) is 37.3 Å². The molecular weight excluding hydrogens is 262 g/mol. The highest BCUT2D eigenvalue weighted by molar-refractivity contribution is 9.09. The van der Waals surface area contributed by atoms with E-state index in [4.69, 9.17) is 0 Å². The van der Waals surface area contributed by atoms with E-state index in [0.717, 1.165) is 17.8 Å². The Morgan fingerprint density at radius 2 is 2.12 bits per heavy atom. The zero-order chi connectivity index (χ0) is 11.6. The molecule has 1 atom stereocenters. The monoisotopic (exact) mass is 281 g/mol. The van der Waals surface area contributed by atoms with Gasteiger partial charge in [0.1, 0.15) is 0 Å². The second-order valence-electron chi connectivity index (χ2n) is 5.30. The minimum Gasteiger partial charge on any atom is -0.311 e. The minimum absolute atomic E-state index is 0.244. The number of alkyl halides is 1. The maximum atomic E-state index is 3.67. The average Bonchev–Trinajstić information content (AvgIpc) is 2.19. The van der Waals surface area contributed by atoms with Gasteiger partial charge in [-0.15, -0.1) is 0 Å². The summed E-state index contributed by atoms with van der Waals surface area (Å²) in [6.45, 7) is 5.66. The Bertz CT molecular complexity index is 360. The van der Waals surface area contributed by atoms with E-state index in [1.165, 1.54) is 18.4 Å². The third kappa shape index (κ3) is 2.67. The van der Waals surface area contributed by atoms with E-state index >= 15 is 0 Å². The van der Waals surface area contributed by atoms with Crippen molar-refractivity contribution < 1.29 is 0 Å². The fourth-order valence-electron chi connectivity index (χ4n) is 2.27. The van der Waals surface area contributed by atoms with E-state index in [9.17, 15) is 0 Å². The summed E-state index contributed by atoms with van der Waals surface area (Å²) in [5.74, 6) is 0.728. The Morgan fingerprint density at radius 1 is 1.38 bits per heavy atom. The molecule has 0 amide bonds. The Kier molecular flexibility index (Phi) is 3.70. The molecule has 88 valence electrons. The van der Waals surface area contributed by atoms with Crippen molar-refractivity contribution in [1.82, 2.24) is 5.32 Å². The van der Waals surface area contributed by atoms with Crippen LogP contribution in [0.5, 0.6) is 0 Å². The van der Waals surface area contributed by atoms with Gasteiger partial charge in [-0.1, -0.05) is 40.2 Å². The number of halogens is 1. The first-order chi connectivity index (χ1) is 7.62. The highest BCUT2D eigenvalue weighted by Gasteiger charge is 2.27. The summed E-state index contributed by atoms with van der Waals surface area (Å²) in [7, 11) is 0. The average molecular weight is 282 g/mol. The number of hydrogen-bond acceptors (Lipinski definition) is 1. The molecule has 0 bridgehead atoms. The van der Waals surface area contributed by atoms with Gasteiger partial charge in [-0.25, -0.2) is 0 Å². The van der Waals surface area contributed by atoms with Gasteiger partial charge >= 0.3 is 0 Å². The van der Waals surface area contributed by atoms with Crippen molar-refractivity contribution in [1.29, 1.82) is 0 Å². The van der Waals surface area contributed by atoms with E-state index < -0.39 is 0 Å². The molecule has 1 N–H and O–H groups in total. The molecule has 1 aromatic rings. The molecule has 0 spiro atoms. The molecule has 1 aliphatic carbocycles. The van der Waals surface area contributed by atoms with Crippen molar-refractivity contribution in [2.24, 2.45) is 0 Å². The van der Waals surface area contributed by atoms with Crippen LogP contribution in [-0.4, -0.2) is 17.4 Å². The molecule has 1 unspecified atom stereocenters. The Morgan fingerprint density at radius 3 is 2.81 bits per heavy atom. The summed E-state index contributed by atoms with van der Waals surface area (Å²) in [4.78, 5) is 0. The molecule has 2 rings (SSSR count). The molecule has 0 saturated heterocycles. The van der Waals surface area contributed by atoms with Crippen LogP contribution in [-0.2, 0) is 6.42 Å². The van der Waals surface area contributed by atoms with Crippen LogP contribution in [0.4, 0.5) is 0 Å². The van der Waals surface area contributed by atoms with Crippen LogP contribution in [0.2, 0.25) is 0 Å². The van der Waals surface area contributed by atoms with Crippen LogP contribution >= 0.6 is 15.9 Å². The number of nitrogens with one attached hydrogen (secondary N) is 1. The van der Waals surface area contributed by atoms with Crippen molar-refractivity contribution in [3.05, 3.63) is 35.4 Å². The normalized spacial score (nSPS) is 19.1. The highest BCUT2D eigenvalue weighted by Crippen LogP contribution is 2.34. The molecule has 0 heterocycles. The van der Waals surface area contributed by atoms with Crippen LogP contribution in [0.15, 0.2) is 24.3 Å². The van der Waals surface area contributed by atoms with Crippen molar-refractivity contribution in [3.8, 4) is 0 Å². The third-order valence-corrected chi connectivity index (χ3v) is 3.90. The first-order valence-electron chi connectivity index (χ1n) is 6.01. The van der Waals surface area contributed by atoms with Gasteiger partial charge in [-0.05, 0) is 37.8 Å². The van der Waals surface area contributed by atoms with Gasteiger partial charge in [-0.3, -0.25) is 0 Å². The van der Waals surface area contributed by atoms with Gasteiger partial charge in [0.2, 0.25) is 0 Å². The molecule has 1 aromatic carbocycles. The van der Waals surface area contributed by atoms with Gasteiger partial charge < -0.3 is 5.32 Å². The number of benzene rings is 1. The molecule has 1 nitrogen and oxygen atoms in total. The Labute approximate surface area is 107 Å². The van der Waals surface area contributed by atoms with Gasteiger partial charge in [0.25, 0.3) is 0 Å². The molecular formula is C14H20BrN. The number of fused-ring (bicyclic) bond motifs is 1. The predicted molar refractivity (Wildman–Crippen MR) is 73.4 cm³/mol. The first-order valence-corrected chi connectivity index (χ1v) is 7.13. The van der Waals surface area contributed by atoms with Crippen molar-refractivity contribution >= 4 is 15.9 Å². The molecule has 0 aliphatic heterocycles. The maximum absolute atomic E-state index is 3.67. The summed E-state index contributed by atoms with van der Waals surface area (Å²) in [5, 5.41) is 4.74. The zero-order valence-electron chi connectivity index (χ0n) is 10.1. The second-order valence-corrected chi connectivity index (χ2v) is 6.10. The van der Waals surface area contributed by atoms with E-state index in [2.05, 4.69) is 59.4 Å². The van der Waals surface area contributed by atoms with E-state index in [0.29, 0.717) is 0 Å². The maximum Gasteiger partial charge on any atom is 0.0133 e. The van der Waals surface area contributed by atoms with Crippen LogP contribution in [0.3, 0.4) is 0 Å². The minimum atomic E-state index is 0.244. The second kappa shape index (κ2) is 4.89. The lowest BCUT2D eigenvalue weighted by Crippen LogP contribution is -2.43. The number of hydrogen-bond donors (Lipinski definition) is 1. The lowest BCUT2D eigenvalue weighted by atomic mass is 9.77. The summed E-state index contributed by atoms with van der Waals surface area (Å²) in [5.41, 5.74) is 3.32. The molecule has 0 fully saturated rings. The van der Waals surface area contributed by atoms with Crippen LogP contribution in [0, 0.1) is 0 Å². The quantitative estimate of drug-likeness (QED) is 0.815. The number of rotatable bonds is 5. The Balaban J connectivity index is 1.86. The predicted octanol–water partition coefficient (Wildman–Crippen LogP) is 3.48.